The van der Waals surface area contributed by atoms with Crippen LogP contribution in [0.15, 0.2) is 48.5 Å². The minimum absolute atomic E-state index is 0.0977. The number of carbonyl (C=O) groups excluding carboxylic acids is 1. The lowest BCUT2D eigenvalue weighted by Crippen LogP contribution is -2.43. The first-order chi connectivity index (χ1) is 18.0. The van der Waals surface area contributed by atoms with Gasteiger partial charge in [-0.3, -0.25) is 4.79 Å². The molecule has 5 rings (SSSR count). The molecule has 37 heavy (non-hydrogen) atoms. The molecule has 6 heteroatoms. The number of benzene rings is 2. The van der Waals surface area contributed by atoms with Gasteiger partial charge in [0.05, 0.1) is 17.6 Å². The number of piperidine rings is 2. The maximum atomic E-state index is 12.9. The highest BCUT2D eigenvalue weighted by Crippen LogP contribution is 2.28. The predicted octanol–water partition coefficient (Wildman–Crippen LogP) is 5.09. The molecule has 1 N–H and O–H groups in total. The number of para-hydroxylation sites is 2. The van der Waals surface area contributed by atoms with E-state index in [1.165, 1.54) is 30.6 Å². The lowest BCUT2D eigenvalue weighted by Gasteiger charge is -2.35. The Morgan fingerprint density at radius 2 is 1.70 bits per heavy atom. The van der Waals surface area contributed by atoms with Gasteiger partial charge in [-0.1, -0.05) is 50.2 Å². The summed E-state index contributed by atoms with van der Waals surface area (Å²) >= 11 is 0. The summed E-state index contributed by atoms with van der Waals surface area (Å²) in [6.45, 7) is 13.7. The van der Waals surface area contributed by atoms with E-state index in [9.17, 15) is 4.79 Å². The van der Waals surface area contributed by atoms with Crippen molar-refractivity contribution in [2.75, 3.05) is 44.2 Å². The molecule has 2 aliphatic rings. The number of imidazole rings is 1. The zero-order valence-electron chi connectivity index (χ0n) is 22.8. The molecule has 2 saturated heterocycles. The van der Waals surface area contributed by atoms with Gasteiger partial charge < -0.3 is 19.7 Å². The molecule has 0 radical (unpaired) electrons. The van der Waals surface area contributed by atoms with E-state index in [4.69, 9.17) is 4.98 Å². The van der Waals surface area contributed by atoms with Crippen LogP contribution in [0.1, 0.15) is 50.7 Å². The quantitative estimate of drug-likeness (QED) is 0.437. The van der Waals surface area contributed by atoms with Crippen LogP contribution in [0, 0.1) is 24.7 Å². The van der Waals surface area contributed by atoms with Crippen LogP contribution < -0.4 is 10.2 Å². The molecule has 2 fully saturated rings. The first-order valence-electron chi connectivity index (χ1n) is 14.2. The summed E-state index contributed by atoms with van der Waals surface area (Å²) in [4.78, 5) is 22.9. The van der Waals surface area contributed by atoms with Gasteiger partial charge in [0.2, 0.25) is 11.9 Å². The van der Waals surface area contributed by atoms with Gasteiger partial charge in [-0.15, -0.1) is 0 Å². The molecule has 6 nitrogen and oxygen atoms in total. The number of rotatable bonds is 8. The summed E-state index contributed by atoms with van der Waals surface area (Å²) in [6.07, 6.45) is 4.13. The summed E-state index contributed by atoms with van der Waals surface area (Å²) < 4.78 is 2.35. The van der Waals surface area contributed by atoms with Gasteiger partial charge in [-0.05, 0) is 74.2 Å². The largest absolute Gasteiger partial charge is 0.356 e. The first kappa shape index (κ1) is 25.8. The number of amides is 1. The van der Waals surface area contributed by atoms with Crippen molar-refractivity contribution in [3.8, 4) is 0 Å². The molecule has 198 valence electrons. The van der Waals surface area contributed by atoms with Gasteiger partial charge in [0.25, 0.3) is 0 Å². The third kappa shape index (κ3) is 6.18. The van der Waals surface area contributed by atoms with E-state index in [2.05, 4.69) is 89.0 Å². The van der Waals surface area contributed by atoms with Crippen molar-refractivity contribution in [2.45, 2.75) is 53.0 Å². The van der Waals surface area contributed by atoms with E-state index in [1.54, 1.807) is 0 Å². The van der Waals surface area contributed by atoms with E-state index < -0.39 is 0 Å². The zero-order chi connectivity index (χ0) is 25.8. The van der Waals surface area contributed by atoms with E-state index in [0.29, 0.717) is 0 Å². The number of aryl methyl sites for hydroxylation is 1. The zero-order valence-corrected chi connectivity index (χ0v) is 22.8. The molecule has 2 atom stereocenters. The van der Waals surface area contributed by atoms with E-state index in [0.717, 1.165) is 80.8 Å². The summed E-state index contributed by atoms with van der Waals surface area (Å²) in [5.41, 5.74) is 4.81. The molecule has 0 saturated carbocycles. The summed E-state index contributed by atoms with van der Waals surface area (Å²) in [6, 6.07) is 17.0. The van der Waals surface area contributed by atoms with Crippen molar-refractivity contribution in [2.24, 2.45) is 17.8 Å². The highest BCUT2D eigenvalue weighted by molar-refractivity contribution is 5.80. The Kier molecular flexibility index (Phi) is 8.14. The molecular formula is C31H43N5O. The van der Waals surface area contributed by atoms with Crippen LogP contribution >= 0.6 is 0 Å². The number of anilines is 1. The second-order valence-corrected chi connectivity index (χ2v) is 11.5. The Morgan fingerprint density at radius 3 is 2.46 bits per heavy atom. The molecule has 0 unspecified atom stereocenters. The monoisotopic (exact) mass is 501 g/mol. The van der Waals surface area contributed by atoms with Crippen molar-refractivity contribution >= 4 is 22.9 Å². The molecule has 1 aromatic heterocycles. The lowest BCUT2D eigenvalue weighted by atomic mass is 9.92. The number of nitrogens with one attached hydrogen (secondary N) is 1. The molecule has 2 aliphatic heterocycles. The van der Waals surface area contributed by atoms with Crippen LogP contribution in [0.2, 0.25) is 0 Å². The van der Waals surface area contributed by atoms with Crippen molar-refractivity contribution < 1.29 is 4.79 Å². The van der Waals surface area contributed by atoms with Crippen LogP contribution in [0.5, 0.6) is 0 Å². The van der Waals surface area contributed by atoms with Crippen LogP contribution in [-0.4, -0.2) is 59.6 Å². The van der Waals surface area contributed by atoms with Gasteiger partial charge in [0.15, 0.2) is 0 Å². The number of nitrogens with zero attached hydrogens (tertiary/aromatic N) is 4. The number of aromatic nitrogens is 2. The second kappa shape index (κ2) is 11.7. The maximum Gasteiger partial charge on any atom is 0.223 e. The third-order valence-corrected chi connectivity index (χ3v) is 8.27. The van der Waals surface area contributed by atoms with Gasteiger partial charge in [-0.25, -0.2) is 4.98 Å². The Balaban J connectivity index is 1.16. The van der Waals surface area contributed by atoms with Crippen molar-refractivity contribution in [1.82, 2.24) is 19.8 Å². The highest BCUT2D eigenvalue weighted by atomic mass is 16.1. The van der Waals surface area contributed by atoms with Gasteiger partial charge >= 0.3 is 0 Å². The molecule has 0 bridgehead atoms. The minimum Gasteiger partial charge on any atom is -0.356 e. The SMILES string of the molecule is Cc1ccccc1Cn1c(N2CCC(C(=O)NCCCN3C[C@H](C)C[C@H](C)C3)CC2)nc2ccccc21. The molecule has 2 aromatic carbocycles. The average molecular weight is 502 g/mol. The number of fused-ring (bicyclic) bond motifs is 1. The molecule has 0 spiro atoms. The molecular weight excluding hydrogens is 458 g/mol. The van der Waals surface area contributed by atoms with Crippen LogP contribution in [-0.2, 0) is 11.3 Å². The standard InChI is InChI=1S/C31H43N5O/c1-23-19-24(2)21-34(20-23)16-8-15-32-30(37)26-13-17-35(18-14-26)31-33-28-11-6-7-12-29(28)36(31)22-27-10-5-4-9-25(27)3/h4-7,9-12,23-24,26H,8,13-22H2,1-3H3,(H,32,37)/t23-,24+. The second-order valence-electron chi connectivity index (χ2n) is 11.5. The molecule has 3 heterocycles. The number of carbonyl (C=O) groups is 1. The Labute approximate surface area is 222 Å². The fraction of sp³-hybridized carbons (Fsp3) is 0.548. The average Bonchev–Trinajstić information content (AvgIpc) is 3.26. The van der Waals surface area contributed by atoms with Crippen LogP contribution in [0.3, 0.4) is 0 Å². The highest BCUT2D eigenvalue weighted by Gasteiger charge is 2.28. The first-order valence-corrected chi connectivity index (χ1v) is 14.2. The normalized spacial score (nSPS) is 21.4. The minimum atomic E-state index is 0.0977. The number of hydrogen-bond acceptors (Lipinski definition) is 4. The Hall–Kier alpha value is -2.86. The lowest BCUT2D eigenvalue weighted by molar-refractivity contribution is -0.125. The van der Waals surface area contributed by atoms with E-state index in [1.807, 2.05) is 0 Å². The van der Waals surface area contributed by atoms with Crippen LogP contribution in [0.4, 0.5) is 5.95 Å². The topological polar surface area (TPSA) is 53.4 Å². The van der Waals surface area contributed by atoms with Crippen LogP contribution in [0.25, 0.3) is 11.0 Å². The van der Waals surface area contributed by atoms with Crippen molar-refractivity contribution in [1.29, 1.82) is 0 Å². The van der Waals surface area contributed by atoms with Gasteiger partial charge in [0, 0.05) is 38.6 Å². The predicted molar refractivity (Wildman–Crippen MR) is 152 cm³/mol. The maximum absolute atomic E-state index is 12.9. The fourth-order valence-electron chi connectivity index (χ4n) is 6.39. The summed E-state index contributed by atoms with van der Waals surface area (Å²) in [5, 5.41) is 3.24. The van der Waals surface area contributed by atoms with Crippen molar-refractivity contribution in [3.05, 3.63) is 59.7 Å². The third-order valence-electron chi connectivity index (χ3n) is 8.27. The van der Waals surface area contributed by atoms with Crippen molar-refractivity contribution in [3.63, 3.8) is 0 Å². The number of likely N-dealkylation sites (tertiary alicyclic amines) is 1. The summed E-state index contributed by atoms with van der Waals surface area (Å²) in [5.74, 6) is 2.92. The number of hydrogen-bond donors (Lipinski definition) is 1. The Bertz CT molecular complexity index is 1190. The van der Waals surface area contributed by atoms with Gasteiger partial charge in [-0.2, -0.15) is 0 Å². The molecule has 3 aromatic rings. The van der Waals surface area contributed by atoms with E-state index >= 15 is 0 Å². The fourth-order valence-corrected chi connectivity index (χ4v) is 6.39. The smallest absolute Gasteiger partial charge is 0.223 e. The molecule has 1 amide bonds. The molecule has 0 aliphatic carbocycles. The Morgan fingerprint density at radius 1 is 1.00 bits per heavy atom. The van der Waals surface area contributed by atoms with Gasteiger partial charge in [0.1, 0.15) is 0 Å². The summed E-state index contributed by atoms with van der Waals surface area (Å²) in [7, 11) is 0. The van der Waals surface area contributed by atoms with E-state index in [-0.39, 0.29) is 11.8 Å².